The van der Waals surface area contributed by atoms with E-state index in [1.54, 1.807) is 14.7 Å². The predicted octanol–water partition coefficient (Wildman–Crippen LogP) is 17.0. The van der Waals surface area contributed by atoms with Gasteiger partial charge in [-0.2, -0.15) is 0 Å². The average molecular weight is 1380 g/mol. The van der Waals surface area contributed by atoms with Crippen LogP contribution in [0.5, 0.6) is 0 Å². The number of carbonyl (C=O) groups excluding carboxylic acids is 6. The Morgan fingerprint density at radius 1 is 0.258 bits per heavy atom. The van der Waals surface area contributed by atoms with Gasteiger partial charge in [0.2, 0.25) is 35.4 Å². The standard InChI is InChI=1S/C81H159N7O9/c1-10-13-16-19-22-25-28-31-34-37-40-43-46-49-52-55-73(92)86(64-67-89)76(70(4)5)79(95)82-58-61-85(62-59-83-80(96)77(71(6)7)87(65-68-90)74(93)56-53-50-47-44-41-38-35-32-29-26-23-20-17-14-11-2)63-60-84-81(97)78(72(8)9)88(66-69-91)75(94)57-54-51-48-45-42-39-36-33-30-27-24-21-18-15-12-3/h70-72,76-78,89-91H,10-69H2,1-9H3,(H,82,95)(H,83,96)(H,84,97). The molecule has 16 nitrogen and oxygen atoms in total. The molecular formula is C81H159N7O9. The number of amides is 6. The van der Waals surface area contributed by atoms with Crippen molar-refractivity contribution in [1.82, 2.24) is 35.6 Å². The maximum Gasteiger partial charge on any atom is 0.243 e. The normalized spacial score (nSPS) is 12.6. The van der Waals surface area contributed by atoms with E-state index in [1.165, 1.54) is 212 Å². The summed E-state index contributed by atoms with van der Waals surface area (Å²) in [5.41, 5.74) is 0. The molecule has 97 heavy (non-hydrogen) atoms. The van der Waals surface area contributed by atoms with Crippen LogP contribution < -0.4 is 16.0 Å². The topological polar surface area (TPSA) is 212 Å². The van der Waals surface area contributed by atoms with Gasteiger partial charge in [-0.05, 0) is 37.0 Å². The lowest BCUT2D eigenvalue weighted by molar-refractivity contribution is -0.143. The van der Waals surface area contributed by atoms with E-state index in [2.05, 4.69) is 36.7 Å². The lowest BCUT2D eigenvalue weighted by Crippen LogP contribution is -2.55. The molecule has 0 aromatic rings. The van der Waals surface area contributed by atoms with Crippen molar-refractivity contribution in [1.29, 1.82) is 0 Å². The predicted molar refractivity (Wildman–Crippen MR) is 406 cm³/mol. The molecule has 572 valence electrons. The zero-order chi connectivity index (χ0) is 71.8. The molecule has 0 spiro atoms. The molecule has 0 aliphatic rings. The van der Waals surface area contributed by atoms with Crippen LogP contribution in [-0.4, -0.2) is 167 Å². The van der Waals surface area contributed by atoms with Crippen LogP contribution in [0.2, 0.25) is 0 Å². The van der Waals surface area contributed by atoms with Crippen molar-refractivity contribution >= 4 is 35.4 Å². The van der Waals surface area contributed by atoms with Gasteiger partial charge in [0.15, 0.2) is 0 Å². The molecule has 0 heterocycles. The lowest BCUT2D eigenvalue weighted by atomic mass is 10.00. The molecule has 0 aromatic carbocycles. The van der Waals surface area contributed by atoms with Crippen molar-refractivity contribution in [3.8, 4) is 0 Å². The first kappa shape index (κ1) is 93.7. The van der Waals surface area contributed by atoms with E-state index >= 15 is 0 Å². The van der Waals surface area contributed by atoms with Gasteiger partial charge in [-0.3, -0.25) is 33.7 Å². The fourth-order valence-electron chi connectivity index (χ4n) is 14.0. The largest absolute Gasteiger partial charge is 0.395 e. The summed E-state index contributed by atoms with van der Waals surface area (Å²) in [6.45, 7) is 19.2. The minimum Gasteiger partial charge on any atom is -0.395 e. The number of aliphatic hydroxyl groups is 3. The molecule has 3 unspecified atom stereocenters. The van der Waals surface area contributed by atoms with Crippen LogP contribution in [0.4, 0.5) is 0 Å². The summed E-state index contributed by atoms with van der Waals surface area (Å²) in [6.07, 6.45) is 56.2. The second kappa shape index (κ2) is 67.2. The average Bonchev–Trinajstić information content (AvgIpc) is 0.906. The third-order valence-corrected chi connectivity index (χ3v) is 19.9. The van der Waals surface area contributed by atoms with E-state index in [-0.39, 0.29) is 112 Å². The Hall–Kier alpha value is -3.34. The summed E-state index contributed by atoms with van der Waals surface area (Å²) in [5, 5.41) is 39.8. The molecule has 0 bridgehead atoms. The van der Waals surface area contributed by atoms with Crippen molar-refractivity contribution in [3.63, 3.8) is 0 Å². The molecule has 0 aliphatic carbocycles. The van der Waals surface area contributed by atoms with E-state index in [0.29, 0.717) is 38.9 Å². The molecule has 0 rings (SSSR count). The Morgan fingerprint density at radius 3 is 0.577 bits per heavy atom. The van der Waals surface area contributed by atoms with Gasteiger partial charge in [0, 0.05) is 78.2 Å². The van der Waals surface area contributed by atoms with Crippen LogP contribution in [0.15, 0.2) is 0 Å². The number of nitrogens with zero attached hydrogens (tertiary/aromatic N) is 4. The van der Waals surface area contributed by atoms with Gasteiger partial charge in [-0.1, -0.05) is 332 Å². The maximum absolute atomic E-state index is 14.2. The minimum absolute atomic E-state index is 0.0514. The molecule has 3 atom stereocenters. The molecule has 0 aliphatic heterocycles. The van der Waals surface area contributed by atoms with E-state index in [4.69, 9.17) is 0 Å². The van der Waals surface area contributed by atoms with Crippen LogP contribution in [0.3, 0.4) is 0 Å². The van der Waals surface area contributed by atoms with Crippen LogP contribution in [-0.2, 0) is 28.8 Å². The lowest BCUT2D eigenvalue weighted by Gasteiger charge is -2.34. The number of unbranched alkanes of at least 4 members (excludes halogenated alkanes) is 42. The molecule has 6 amide bonds. The van der Waals surface area contributed by atoms with Crippen molar-refractivity contribution in [2.75, 3.05) is 78.7 Å². The number of nitrogens with one attached hydrogen (secondary N) is 3. The highest BCUT2D eigenvalue weighted by molar-refractivity contribution is 5.89. The summed E-state index contributed by atoms with van der Waals surface area (Å²) in [4.78, 5) is 90.8. The molecule has 0 fully saturated rings. The summed E-state index contributed by atoms with van der Waals surface area (Å²) >= 11 is 0. The molecule has 0 saturated heterocycles. The highest BCUT2D eigenvalue weighted by atomic mass is 16.3. The summed E-state index contributed by atoms with van der Waals surface area (Å²) < 4.78 is 0. The molecule has 0 saturated carbocycles. The Labute approximate surface area is 597 Å². The zero-order valence-electron chi connectivity index (χ0n) is 65.0. The minimum atomic E-state index is -0.795. The Morgan fingerprint density at radius 2 is 0.423 bits per heavy atom. The van der Waals surface area contributed by atoms with Gasteiger partial charge in [0.1, 0.15) is 18.1 Å². The third-order valence-electron chi connectivity index (χ3n) is 19.9. The van der Waals surface area contributed by atoms with Gasteiger partial charge in [-0.25, -0.2) is 0 Å². The fraction of sp³-hybridized carbons (Fsp3) is 0.926. The second-order valence-corrected chi connectivity index (χ2v) is 29.8. The van der Waals surface area contributed by atoms with Crippen LogP contribution in [0.25, 0.3) is 0 Å². The molecule has 0 aromatic heterocycles. The number of carbonyl (C=O) groups is 6. The van der Waals surface area contributed by atoms with Gasteiger partial charge in [0.25, 0.3) is 0 Å². The second-order valence-electron chi connectivity index (χ2n) is 29.8. The highest BCUT2D eigenvalue weighted by Crippen LogP contribution is 2.22. The zero-order valence-corrected chi connectivity index (χ0v) is 65.0. The first-order valence-corrected chi connectivity index (χ1v) is 41.3. The van der Waals surface area contributed by atoms with Gasteiger partial charge in [0.05, 0.1) is 19.8 Å². The number of hydrogen-bond acceptors (Lipinski definition) is 10. The first-order chi connectivity index (χ1) is 47.1. The van der Waals surface area contributed by atoms with E-state index < -0.39 is 18.1 Å². The van der Waals surface area contributed by atoms with E-state index in [0.717, 1.165) is 77.0 Å². The summed E-state index contributed by atoms with van der Waals surface area (Å²) in [6, 6.07) is -2.38. The first-order valence-electron chi connectivity index (χ1n) is 41.3. The van der Waals surface area contributed by atoms with E-state index in [9.17, 15) is 44.1 Å². The Bertz CT molecular complexity index is 1650. The quantitative estimate of drug-likeness (QED) is 0.0317. The van der Waals surface area contributed by atoms with Gasteiger partial charge in [-0.15, -0.1) is 0 Å². The monoisotopic (exact) mass is 1370 g/mol. The van der Waals surface area contributed by atoms with Crippen molar-refractivity contribution in [3.05, 3.63) is 0 Å². The Balaban J connectivity index is 5.92. The summed E-state index contributed by atoms with van der Waals surface area (Å²) in [7, 11) is 0. The number of hydrogen-bond donors (Lipinski definition) is 6. The van der Waals surface area contributed by atoms with Crippen molar-refractivity contribution in [2.24, 2.45) is 17.8 Å². The number of rotatable bonds is 72. The van der Waals surface area contributed by atoms with Crippen molar-refractivity contribution in [2.45, 2.75) is 389 Å². The van der Waals surface area contributed by atoms with Crippen LogP contribution in [0, 0.1) is 17.8 Å². The van der Waals surface area contributed by atoms with Gasteiger partial charge >= 0.3 is 0 Å². The van der Waals surface area contributed by atoms with Crippen LogP contribution in [0.1, 0.15) is 371 Å². The molecule has 16 heteroatoms. The molecule has 0 radical (unpaired) electrons. The highest BCUT2D eigenvalue weighted by Gasteiger charge is 2.35. The van der Waals surface area contributed by atoms with E-state index in [1.807, 2.05) is 46.4 Å². The van der Waals surface area contributed by atoms with Gasteiger partial charge < -0.3 is 46.0 Å². The molecular weight excluding hydrogens is 1210 g/mol. The fourth-order valence-corrected chi connectivity index (χ4v) is 14.0. The smallest absolute Gasteiger partial charge is 0.243 e. The third kappa shape index (κ3) is 50.6. The summed E-state index contributed by atoms with van der Waals surface area (Å²) in [5.74, 6) is -2.06. The SMILES string of the molecule is CCCCCCCCCCCCCCCCCC(=O)N(CCO)C(C(=O)NCCN(CCNC(=O)C(C(C)C)N(CCO)C(=O)CCCCCCCCCCCCCCCCC)CCNC(=O)C(C(C)C)N(CCO)C(=O)CCCCCCCCCCCCCCCCC)C(C)C. The van der Waals surface area contributed by atoms with Crippen molar-refractivity contribution < 1.29 is 44.1 Å². The number of aliphatic hydroxyl groups excluding tert-OH is 3. The maximum atomic E-state index is 14.2. The Kier molecular flexibility index (Phi) is 64.9. The molecule has 6 N–H and O–H groups in total. The van der Waals surface area contributed by atoms with Crippen LogP contribution >= 0.6 is 0 Å².